The summed E-state index contributed by atoms with van der Waals surface area (Å²) >= 11 is 6.29. The molecule has 0 aliphatic carbocycles. The molecule has 2 aromatic heterocycles. The number of rotatable bonds is 8. The molecule has 0 bridgehead atoms. The second-order valence-corrected chi connectivity index (χ2v) is 7.23. The highest BCUT2D eigenvalue weighted by Crippen LogP contribution is 2.31. The molecule has 0 unspecified atom stereocenters. The number of aromatic amines is 1. The van der Waals surface area contributed by atoms with Crippen molar-refractivity contribution in [1.82, 2.24) is 20.4 Å². The number of pyridine rings is 1. The highest BCUT2D eigenvalue weighted by Gasteiger charge is 2.19. The molecule has 1 N–H and O–H groups in total. The largest absolute Gasteiger partial charge is 0.497 e. The average molecular weight is 440 g/mol. The zero-order valence-corrected chi connectivity index (χ0v) is 18.2. The maximum absolute atomic E-state index is 6.29. The van der Waals surface area contributed by atoms with E-state index in [1.165, 1.54) is 0 Å². The number of halogens is 1. The molecule has 0 aliphatic rings. The topological polar surface area (TPSA) is 85.4 Å². The molecule has 0 fully saturated rings. The van der Waals surface area contributed by atoms with Crippen LogP contribution in [-0.2, 0) is 13.1 Å². The fraction of sp³-hybridized carbons (Fsp3) is 0.227. The van der Waals surface area contributed by atoms with Crippen LogP contribution >= 0.6 is 11.6 Å². The second kappa shape index (κ2) is 9.09. The van der Waals surface area contributed by atoms with Crippen LogP contribution in [0.5, 0.6) is 17.2 Å². The van der Waals surface area contributed by atoms with Gasteiger partial charge in [0, 0.05) is 30.8 Å². The molecule has 2 aromatic carbocycles. The molecule has 4 aromatic rings. The molecular weight excluding hydrogens is 418 g/mol. The summed E-state index contributed by atoms with van der Waals surface area (Å²) in [6, 6.07) is 15.3. The number of anilines is 1. The van der Waals surface area contributed by atoms with Crippen LogP contribution in [0.3, 0.4) is 0 Å². The monoisotopic (exact) mass is 439 g/mol. The molecule has 0 saturated carbocycles. The molecule has 8 nitrogen and oxygen atoms in total. The lowest BCUT2D eigenvalue weighted by Crippen LogP contribution is -2.24. The number of benzene rings is 2. The van der Waals surface area contributed by atoms with Crippen LogP contribution in [-0.4, -0.2) is 41.7 Å². The number of ether oxygens (including phenoxy) is 3. The summed E-state index contributed by atoms with van der Waals surface area (Å²) in [7, 11) is 4.91. The number of nitrogens with one attached hydrogen (secondary N) is 1. The Hall–Kier alpha value is -3.52. The van der Waals surface area contributed by atoms with Crippen molar-refractivity contribution in [3.8, 4) is 17.2 Å². The number of fused-ring (bicyclic) bond motifs is 1. The zero-order chi connectivity index (χ0) is 21.8. The van der Waals surface area contributed by atoms with E-state index in [1.54, 1.807) is 27.4 Å². The van der Waals surface area contributed by atoms with Crippen molar-refractivity contribution in [2.45, 2.75) is 13.1 Å². The highest BCUT2D eigenvalue weighted by atomic mass is 35.5. The van der Waals surface area contributed by atoms with Crippen molar-refractivity contribution in [1.29, 1.82) is 0 Å². The molecule has 0 atom stereocenters. The van der Waals surface area contributed by atoms with Gasteiger partial charge in [-0.3, -0.25) is 0 Å². The summed E-state index contributed by atoms with van der Waals surface area (Å²) in [5.41, 5.74) is 3.34. The first-order valence-corrected chi connectivity index (χ1v) is 9.95. The van der Waals surface area contributed by atoms with E-state index in [2.05, 4.69) is 25.3 Å². The Morgan fingerprint density at radius 3 is 2.32 bits per heavy atom. The van der Waals surface area contributed by atoms with Gasteiger partial charge in [0.1, 0.15) is 27.9 Å². The van der Waals surface area contributed by atoms with Gasteiger partial charge >= 0.3 is 0 Å². The number of aromatic nitrogens is 4. The van der Waals surface area contributed by atoms with Crippen LogP contribution in [0.1, 0.15) is 11.1 Å². The Morgan fingerprint density at radius 1 is 0.871 bits per heavy atom. The third-order valence-corrected chi connectivity index (χ3v) is 5.14. The first kappa shape index (κ1) is 20.7. The van der Waals surface area contributed by atoms with Crippen LogP contribution < -0.4 is 19.1 Å². The molecule has 31 heavy (non-hydrogen) atoms. The van der Waals surface area contributed by atoms with Crippen LogP contribution in [0.2, 0.25) is 5.15 Å². The van der Waals surface area contributed by atoms with Gasteiger partial charge in [-0.25, -0.2) is 4.98 Å². The van der Waals surface area contributed by atoms with E-state index in [1.807, 2.05) is 42.5 Å². The minimum atomic E-state index is 0.345. The van der Waals surface area contributed by atoms with Crippen molar-refractivity contribution in [3.63, 3.8) is 0 Å². The van der Waals surface area contributed by atoms with Gasteiger partial charge in [0.15, 0.2) is 11.3 Å². The second-order valence-electron chi connectivity index (χ2n) is 6.84. The lowest BCUT2D eigenvalue weighted by molar-refractivity contribution is 0.390. The van der Waals surface area contributed by atoms with E-state index >= 15 is 0 Å². The summed E-state index contributed by atoms with van der Waals surface area (Å²) in [5, 5.41) is 11.5. The molecule has 0 aliphatic heterocycles. The lowest BCUT2D eigenvalue weighted by atomic mass is 10.1. The van der Waals surface area contributed by atoms with Crippen LogP contribution in [0.4, 0.5) is 5.82 Å². The number of methoxy groups -OCH3 is 3. The van der Waals surface area contributed by atoms with Crippen molar-refractivity contribution in [2.24, 2.45) is 0 Å². The van der Waals surface area contributed by atoms with E-state index in [9.17, 15) is 0 Å². The van der Waals surface area contributed by atoms with E-state index in [-0.39, 0.29) is 0 Å². The van der Waals surface area contributed by atoms with E-state index in [4.69, 9.17) is 25.8 Å². The molecule has 4 rings (SSSR count). The SMILES string of the molecule is COc1ccc(CN(Cc2ccc(OC)cc2OC)c2nc(Cl)cc3n[nH]nc23)cc1. The van der Waals surface area contributed by atoms with Crippen molar-refractivity contribution in [3.05, 3.63) is 64.8 Å². The van der Waals surface area contributed by atoms with Crippen LogP contribution in [0.25, 0.3) is 11.0 Å². The highest BCUT2D eigenvalue weighted by molar-refractivity contribution is 6.30. The first-order valence-electron chi connectivity index (χ1n) is 9.57. The minimum Gasteiger partial charge on any atom is -0.497 e. The van der Waals surface area contributed by atoms with E-state index < -0.39 is 0 Å². The van der Waals surface area contributed by atoms with Gasteiger partial charge in [0.05, 0.1) is 21.3 Å². The summed E-state index contributed by atoms with van der Waals surface area (Å²) in [4.78, 5) is 6.65. The van der Waals surface area contributed by atoms with Crippen LogP contribution in [0.15, 0.2) is 48.5 Å². The lowest BCUT2D eigenvalue weighted by Gasteiger charge is -2.25. The van der Waals surface area contributed by atoms with Gasteiger partial charge in [-0.1, -0.05) is 23.7 Å². The molecule has 0 amide bonds. The average Bonchev–Trinajstić information content (AvgIpc) is 3.27. The van der Waals surface area contributed by atoms with Gasteiger partial charge < -0.3 is 19.1 Å². The summed E-state index contributed by atoms with van der Waals surface area (Å²) in [6.07, 6.45) is 0. The minimum absolute atomic E-state index is 0.345. The van der Waals surface area contributed by atoms with Crippen molar-refractivity contribution >= 4 is 28.5 Å². The molecular formula is C22H22ClN5O3. The zero-order valence-electron chi connectivity index (χ0n) is 17.4. The number of nitrogens with zero attached hydrogens (tertiary/aromatic N) is 4. The predicted molar refractivity (Wildman–Crippen MR) is 119 cm³/mol. The summed E-state index contributed by atoms with van der Waals surface area (Å²) in [6.45, 7) is 1.07. The van der Waals surface area contributed by atoms with E-state index in [0.29, 0.717) is 35.1 Å². The van der Waals surface area contributed by atoms with Gasteiger partial charge in [-0.05, 0) is 29.8 Å². The fourth-order valence-corrected chi connectivity index (χ4v) is 3.55. The maximum Gasteiger partial charge on any atom is 0.161 e. The standard InChI is InChI=1S/C22H22ClN5O3/c1-29-16-7-4-14(5-8-16)12-28(13-15-6-9-17(30-2)10-19(15)31-3)22-21-18(25-27-26-21)11-20(23)24-22/h4-11H,12-13H2,1-3H3,(H,25,26,27). The van der Waals surface area contributed by atoms with Gasteiger partial charge in [-0.15, -0.1) is 0 Å². The Morgan fingerprint density at radius 2 is 1.61 bits per heavy atom. The summed E-state index contributed by atoms with van der Waals surface area (Å²) < 4.78 is 16.2. The quantitative estimate of drug-likeness (QED) is 0.411. The first-order chi connectivity index (χ1) is 15.1. The molecule has 0 radical (unpaired) electrons. The Bertz CT molecular complexity index is 1180. The maximum atomic E-state index is 6.29. The summed E-state index contributed by atoms with van der Waals surface area (Å²) in [5.74, 6) is 2.87. The van der Waals surface area contributed by atoms with Crippen LogP contribution in [0, 0.1) is 0 Å². The smallest absolute Gasteiger partial charge is 0.161 e. The number of hydrogen-bond donors (Lipinski definition) is 1. The number of H-pyrrole nitrogens is 1. The molecule has 2 heterocycles. The Labute approximate surface area is 184 Å². The van der Waals surface area contributed by atoms with Crippen molar-refractivity contribution < 1.29 is 14.2 Å². The fourth-order valence-electron chi connectivity index (χ4n) is 3.37. The van der Waals surface area contributed by atoms with Gasteiger partial charge in [-0.2, -0.15) is 15.4 Å². The molecule has 0 saturated heterocycles. The number of hydrogen-bond acceptors (Lipinski definition) is 7. The molecule has 160 valence electrons. The third kappa shape index (κ3) is 4.49. The van der Waals surface area contributed by atoms with Crippen molar-refractivity contribution in [2.75, 3.05) is 26.2 Å². The predicted octanol–water partition coefficient (Wildman–Crippen LogP) is 4.24. The molecule has 0 spiro atoms. The normalized spacial score (nSPS) is 10.8. The Balaban J connectivity index is 1.76. The van der Waals surface area contributed by atoms with Gasteiger partial charge in [0.25, 0.3) is 0 Å². The Kier molecular flexibility index (Phi) is 6.08. The van der Waals surface area contributed by atoms with Gasteiger partial charge in [0.2, 0.25) is 0 Å². The molecule has 9 heteroatoms. The van der Waals surface area contributed by atoms with E-state index in [0.717, 1.165) is 28.4 Å². The third-order valence-electron chi connectivity index (χ3n) is 4.94.